The van der Waals surface area contributed by atoms with Gasteiger partial charge >= 0.3 is 0 Å². The predicted octanol–water partition coefficient (Wildman–Crippen LogP) is 4.54. The lowest BCUT2D eigenvalue weighted by molar-refractivity contribution is -0.115. The van der Waals surface area contributed by atoms with Gasteiger partial charge in [-0.25, -0.2) is 0 Å². The normalized spacial score (nSPS) is 10.2. The van der Waals surface area contributed by atoms with E-state index in [1.54, 1.807) is 24.3 Å². The molecule has 7 heteroatoms. The van der Waals surface area contributed by atoms with Crippen molar-refractivity contribution in [3.63, 3.8) is 0 Å². The lowest BCUT2D eigenvalue weighted by Crippen LogP contribution is -2.35. The maximum Gasteiger partial charge on any atom is 0.243 e. The molecule has 0 aliphatic rings. The first-order chi connectivity index (χ1) is 11.4. The number of halogens is 2. The summed E-state index contributed by atoms with van der Waals surface area (Å²) in [4.78, 5) is 12.0. The highest BCUT2D eigenvalue weighted by molar-refractivity contribution is 7.80. The number of hydrogen-bond acceptors (Lipinski definition) is 2. The van der Waals surface area contributed by atoms with E-state index in [2.05, 4.69) is 16.0 Å². The number of hydrogen-bond donors (Lipinski definition) is 3. The van der Waals surface area contributed by atoms with Crippen LogP contribution < -0.4 is 16.0 Å². The molecule has 0 aliphatic heterocycles. The van der Waals surface area contributed by atoms with Crippen LogP contribution in [0, 0.1) is 13.8 Å². The minimum absolute atomic E-state index is 0.0391. The molecular weight excluding hydrogens is 365 g/mol. The monoisotopic (exact) mass is 381 g/mol. The van der Waals surface area contributed by atoms with Gasteiger partial charge in [0.15, 0.2) is 5.11 Å². The van der Waals surface area contributed by atoms with Gasteiger partial charge in [0.2, 0.25) is 5.91 Å². The van der Waals surface area contributed by atoms with Gasteiger partial charge in [-0.15, -0.1) is 0 Å². The van der Waals surface area contributed by atoms with E-state index in [1.165, 1.54) is 0 Å². The van der Waals surface area contributed by atoms with Crippen LogP contribution >= 0.6 is 35.4 Å². The fraction of sp³-hybridized carbons (Fsp3) is 0.176. The molecule has 2 aromatic carbocycles. The van der Waals surface area contributed by atoms with Gasteiger partial charge in [-0.1, -0.05) is 35.3 Å². The lowest BCUT2D eigenvalue weighted by Gasteiger charge is -2.13. The van der Waals surface area contributed by atoms with Gasteiger partial charge in [0, 0.05) is 21.4 Å². The Hall–Kier alpha value is -1.82. The lowest BCUT2D eigenvalue weighted by atomic mass is 10.2. The van der Waals surface area contributed by atoms with Crippen molar-refractivity contribution in [2.75, 3.05) is 17.2 Å². The van der Waals surface area contributed by atoms with Crippen LogP contribution in [-0.2, 0) is 4.79 Å². The van der Waals surface area contributed by atoms with Crippen molar-refractivity contribution < 1.29 is 4.79 Å². The van der Waals surface area contributed by atoms with Crippen LogP contribution in [-0.4, -0.2) is 17.6 Å². The van der Waals surface area contributed by atoms with Crippen LogP contribution in [0.5, 0.6) is 0 Å². The van der Waals surface area contributed by atoms with Crippen molar-refractivity contribution in [1.29, 1.82) is 0 Å². The third-order valence-electron chi connectivity index (χ3n) is 3.38. The summed E-state index contributed by atoms with van der Waals surface area (Å²) < 4.78 is 0. The van der Waals surface area contributed by atoms with E-state index < -0.39 is 0 Å². The van der Waals surface area contributed by atoms with Crippen LogP contribution in [0.3, 0.4) is 0 Å². The second-order valence-electron chi connectivity index (χ2n) is 5.23. The molecule has 2 aromatic rings. The molecule has 0 bridgehead atoms. The Morgan fingerprint density at radius 1 is 1.08 bits per heavy atom. The standard InChI is InChI=1S/C17H17Cl2N3OS/c1-10-6-7-12(8-14(10)19)21-17(24)20-9-16(23)22-15-5-3-4-13(18)11(15)2/h3-8H,9H2,1-2H3,(H,22,23)(H2,20,21,24). The molecule has 1 amide bonds. The summed E-state index contributed by atoms with van der Waals surface area (Å²) in [5.41, 5.74) is 3.24. The highest BCUT2D eigenvalue weighted by atomic mass is 35.5. The Bertz CT molecular complexity index is 780. The fourth-order valence-corrected chi connectivity index (χ4v) is 2.49. The Morgan fingerprint density at radius 2 is 1.83 bits per heavy atom. The third kappa shape index (κ3) is 5.09. The van der Waals surface area contributed by atoms with Gasteiger partial charge in [-0.2, -0.15) is 0 Å². The summed E-state index contributed by atoms with van der Waals surface area (Å²) in [6.45, 7) is 3.81. The van der Waals surface area contributed by atoms with E-state index in [-0.39, 0.29) is 12.5 Å². The van der Waals surface area contributed by atoms with Gasteiger partial charge in [0.1, 0.15) is 0 Å². The van der Waals surface area contributed by atoms with Gasteiger partial charge in [-0.05, 0) is 61.5 Å². The van der Waals surface area contributed by atoms with Gasteiger partial charge in [0.25, 0.3) is 0 Å². The van der Waals surface area contributed by atoms with Crippen molar-refractivity contribution in [3.05, 3.63) is 57.6 Å². The quantitative estimate of drug-likeness (QED) is 0.680. The zero-order chi connectivity index (χ0) is 17.7. The summed E-state index contributed by atoms with van der Waals surface area (Å²) in [5, 5.41) is 10.2. The molecule has 126 valence electrons. The molecule has 0 radical (unpaired) electrons. The first-order valence-electron chi connectivity index (χ1n) is 7.23. The van der Waals surface area contributed by atoms with Crippen molar-refractivity contribution in [3.8, 4) is 0 Å². The molecule has 0 unspecified atom stereocenters. The van der Waals surface area contributed by atoms with Crippen molar-refractivity contribution >= 4 is 57.8 Å². The average molecular weight is 382 g/mol. The average Bonchev–Trinajstić information content (AvgIpc) is 2.53. The number of nitrogens with one attached hydrogen (secondary N) is 3. The number of aryl methyl sites for hydroxylation is 1. The molecule has 0 saturated heterocycles. The number of rotatable bonds is 4. The van der Waals surface area contributed by atoms with Crippen LogP contribution in [0.2, 0.25) is 10.0 Å². The van der Waals surface area contributed by atoms with E-state index >= 15 is 0 Å². The largest absolute Gasteiger partial charge is 0.353 e. The molecule has 0 saturated carbocycles. The molecule has 0 spiro atoms. The van der Waals surface area contributed by atoms with E-state index in [1.807, 2.05) is 26.0 Å². The SMILES string of the molecule is Cc1ccc(NC(=S)NCC(=O)Nc2cccc(Cl)c2C)cc1Cl. The summed E-state index contributed by atoms with van der Waals surface area (Å²) in [6.07, 6.45) is 0. The van der Waals surface area contributed by atoms with E-state index in [4.69, 9.17) is 35.4 Å². The van der Waals surface area contributed by atoms with E-state index in [0.717, 1.165) is 16.8 Å². The fourth-order valence-electron chi connectivity index (χ4n) is 1.94. The summed E-state index contributed by atoms with van der Waals surface area (Å²) in [6, 6.07) is 10.9. The maximum atomic E-state index is 12.0. The first kappa shape index (κ1) is 18.5. The Balaban J connectivity index is 1.86. The highest BCUT2D eigenvalue weighted by Crippen LogP contribution is 2.22. The van der Waals surface area contributed by atoms with Crippen molar-refractivity contribution in [2.45, 2.75) is 13.8 Å². The smallest absolute Gasteiger partial charge is 0.243 e. The number of anilines is 2. The minimum atomic E-state index is -0.216. The summed E-state index contributed by atoms with van der Waals surface area (Å²) in [5.74, 6) is -0.216. The molecule has 4 nitrogen and oxygen atoms in total. The summed E-state index contributed by atoms with van der Waals surface area (Å²) in [7, 11) is 0. The third-order valence-corrected chi connectivity index (χ3v) is 4.44. The molecular formula is C17H17Cl2N3OS. The van der Waals surface area contributed by atoms with Crippen molar-refractivity contribution in [1.82, 2.24) is 5.32 Å². The van der Waals surface area contributed by atoms with Crippen molar-refractivity contribution in [2.24, 2.45) is 0 Å². The van der Waals surface area contributed by atoms with Crippen LogP contribution in [0.25, 0.3) is 0 Å². The minimum Gasteiger partial charge on any atom is -0.353 e. The molecule has 0 aromatic heterocycles. The molecule has 0 fully saturated rings. The number of carbonyl (C=O) groups is 1. The summed E-state index contributed by atoms with van der Waals surface area (Å²) >= 11 is 17.3. The number of thiocarbonyl (C=S) groups is 1. The Kier molecular flexibility index (Phi) is 6.43. The predicted molar refractivity (Wildman–Crippen MR) is 105 cm³/mol. The zero-order valence-corrected chi connectivity index (χ0v) is 15.6. The maximum absolute atomic E-state index is 12.0. The second-order valence-corrected chi connectivity index (χ2v) is 6.45. The van der Waals surface area contributed by atoms with E-state index in [9.17, 15) is 4.79 Å². The highest BCUT2D eigenvalue weighted by Gasteiger charge is 2.07. The Morgan fingerprint density at radius 3 is 2.54 bits per heavy atom. The number of amides is 1. The molecule has 0 aliphatic carbocycles. The zero-order valence-electron chi connectivity index (χ0n) is 13.2. The molecule has 0 atom stereocenters. The molecule has 2 rings (SSSR count). The van der Waals surface area contributed by atoms with Crippen LogP contribution in [0.4, 0.5) is 11.4 Å². The topological polar surface area (TPSA) is 53.2 Å². The van der Waals surface area contributed by atoms with Gasteiger partial charge in [0.05, 0.1) is 6.54 Å². The molecule has 0 heterocycles. The number of benzene rings is 2. The number of carbonyl (C=O) groups excluding carboxylic acids is 1. The van der Waals surface area contributed by atoms with Gasteiger partial charge < -0.3 is 16.0 Å². The van der Waals surface area contributed by atoms with Crippen LogP contribution in [0.1, 0.15) is 11.1 Å². The molecule has 3 N–H and O–H groups in total. The van der Waals surface area contributed by atoms with Crippen LogP contribution in [0.15, 0.2) is 36.4 Å². The Labute approximate surface area is 156 Å². The van der Waals surface area contributed by atoms with E-state index in [0.29, 0.717) is 20.8 Å². The van der Waals surface area contributed by atoms with Gasteiger partial charge in [-0.3, -0.25) is 4.79 Å². The molecule has 24 heavy (non-hydrogen) atoms. The first-order valence-corrected chi connectivity index (χ1v) is 8.39. The second kappa shape index (κ2) is 8.33.